The zero-order valence-electron chi connectivity index (χ0n) is 20.3. The van der Waals surface area contributed by atoms with Crippen LogP contribution in [0.2, 0.25) is 0 Å². The van der Waals surface area contributed by atoms with Crippen LogP contribution in [-0.4, -0.2) is 38.9 Å². The predicted molar refractivity (Wildman–Crippen MR) is 132 cm³/mol. The van der Waals surface area contributed by atoms with Gasteiger partial charge in [-0.3, -0.25) is 19.4 Å². The molecule has 1 saturated carbocycles. The number of piperidine rings is 1. The van der Waals surface area contributed by atoms with Crippen LogP contribution >= 0.6 is 0 Å². The standard InChI is InChI=1S/C27H36N4O3/c1-19(2)12-15-30-17-22(26(33)29-21-9-3-4-10-21)25(32)23(18-30)27(34)31-14-6-5-11-24(31)20-8-7-13-28-16-20/h7-8,13,16-19,21,24H,3-6,9-12,14-15H2,1-2H3,(H,29,33)/t24-/m1/s1. The van der Waals surface area contributed by atoms with Crippen molar-refractivity contribution in [3.8, 4) is 0 Å². The summed E-state index contributed by atoms with van der Waals surface area (Å²) in [5.41, 5.74) is 0.651. The topological polar surface area (TPSA) is 84.3 Å². The molecule has 0 radical (unpaired) electrons. The van der Waals surface area contributed by atoms with Crippen LogP contribution in [0, 0.1) is 5.92 Å². The SMILES string of the molecule is CC(C)CCn1cc(C(=O)NC2CCCC2)c(=O)c(C(=O)N2CCCC[C@@H]2c2cccnc2)c1. The largest absolute Gasteiger partial charge is 0.352 e. The van der Waals surface area contributed by atoms with Gasteiger partial charge in [-0.1, -0.05) is 32.8 Å². The monoisotopic (exact) mass is 464 g/mol. The third-order valence-electron chi connectivity index (χ3n) is 7.04. The summed E-state index contributed by atoms with van der Waals surface area (Å²) in [6.07, 6.45) is 14.5. The number of nitrogens with zero attached hydrogens (tertiary/aromatic N) is 3. The fraction of sp³-hybridized carbons (Fsp3) is 0.556. The van der Waals surface area contributed by atoms with E-state index in [1.54, 1.807) is 29.7 Å². The van der Waals surface area contributed by atoms with E-state index in [9.17, 15) is 14.4 Å². The number of nitrogens with one attached hydrogen (secondary N) is 1. The van der Waals surface area contributed by atoms with Gasteiger partial charge < -0.3 is 14.8 Å². The Hall–Kier alpha value is -2.96. The minimum absolute atomic E-state index is 0.0662. The van der Waals surface area contributed by atoms with E-state index in [4.69, 9.17) is 0 Å². The Kier molecular flexibility index (Phi) is 7.80. The van der Waals surface area contributed by atoms with Gasteiger partial charge in [0.2, 0.25) is 5.43 Å². The van der Waals surface area contributed by atoms with Crippen molar-refractivity contribution in [2.75, 3.05) is 6.54 Å². The van der Waals surface area contributed by atoms with Crippen molar-refractivity contribution in [1.29, 1.82) is 0 Å². The fourth-order valence-electron chi connectivity index (χ4n) is 5.06. The van der Waals surface area contributed by atoms with E-state index in [1.807, 2.05) is 16.7 Å². The number of rotatable bonds is 7. The van der Waals surface area contributed by atoms with E-state index in [0.29, 0.717) is 19.0 Å². The van der Waals surface area contributed by atoms with E-state index in [2.05, 4.69) is 24.1 Å². The van der Waals surface area contributed by atoms with Crippen molar-refractivity contribution in [1.82, 2.24) is 19.8 Å². The summed E-state index contributed by atoms with van der Waals surface area (Å²) >= 11 is 0. The summed E-state index contributed by atoms with van der Waals surface area (Å²) in [5.74, 6) is -0.203. The normalized spacial score (nSPS) is 18.9. The zero-order chi connectivity index (χ0) is 24.1. The number of pyridine rings is 2. The first-order valence-corrected chi connectivity index (χ1v) is 12.7. The second kappa shape index (κ2) is 11.0. The molecule has 34 heavy (non-hydrogen) atoms. The summed E-state index contributed by atoms with van der Waals surface area (Å²) in [5, 5.41) is 3.02. The molecule has 2 aliphatic rings. The molecule has 1 atom stereocenters. The summed E-state index contributed by atoms with van der Waals surface area (Å²) < 4.78 is 1.85. The Morgan fingerprint density at radius 3 is 2.53 bits per heavy atom. The van der Waals surface area contributed by atoms with Gasteiger partial charge in [0.05, 0.1) is 6.04 Å². The van der Waals surface area contributed by atoms with Gasteiger partial charge in [0.15, 0.2) is 0 Å². The molecule has 2 aromatic heterocycles. The first-order chi connectivity index (χ1) is 16.4. The van der Waals surface area contributed by atoms with Crippen molar-refractivity contribution in [2.45, 2.75) is 83.8 Å². The lowest BCUT2D eigenvalue weighted by atomic mass is 9.95. The summed E-state index contributed by atoms with van der Waals surface area (Å²) in [6.45, 7) is 5.50. The smallest absolute Gasteiger partial charge is 0.259 e. The Bertz CT molecular complexity index is 1060. The van der Waals surface area contributed by atoms with E-state index >= 15 is 0 Å². The maximum Gasteiger partial charge on any atom is 0.259 e. The fourth-order valence-corrected chi connectivity index (χ4v) is 5.06. The number of aromatic nitrogens is 2. The molecule has 0 unspecified atom stereocenters. The molecule has 1 saturated heterocycles. The molecule has 2 aromatic rings. The van der Waals surface area contributed by atoms with Crippen LogP contribution in [0.1, 0.15) is 97.5 Å². The van der Waals surface area contributed by atoms with Crippen LogP contribution in [0.5, 0.6) is 0 Å². The maximum atomic E-state index is 13.8. The van der Waals surface area contributed by atoms with Gasteiger partial charge in [-0.05, 0) is 56.1 Å². The highest BCUT2D eigenvalue weighted by molar-refractivity contribution is 5.99. The van der Waals surface area contributed by atoms with Gasteiger partial charge in [0, 0.05) is 43.9 Å². The second-order valence-electron chi connectivity index (χ2n) is 10.1. The first kappa shape index (κ1) is 24.2. The van der Waals surface area contributed by atoms with Crippen LogP contribution in [0.3, 0.4) is 0 Å². The van der Waals surface area contributed by atoms with Crippen molar-refractivity contribution < 1.29 is 9.59 Å². The van der Waals surface area contributed by atoms with E-state index in [0.717, 1.165) is 56.9 Å². The molecule has 182 valence electrons. The minimum Gasteiger partial charge on any atom is -0.352 e. The zero-order valence-corrected chi connectivity index (χ0v) is 20.3. The van der Waals surface area contributed by atoms with Gasteiger partial charge in [-0.2, -0.15) is 0 Å². The van der Waals surface area contributed by atoms with Crippen molar-refractivity contribution in [3.05, 3.63) is 63.8 Å². The molecule has 0 aromatic carbocycles. The van der Waals surface area contributed by atoms with Crippen molar-refractivity contribution in [3.63, 3.8) is 0 Å². The molecule has 1 aliphatic heterocycles. The van der Waals surface area contributed by atoms with Crippen molar-refractivity contribution >= 4 is 11.8 Å². The quantitative estimate of drug-likeness (QED) is 0.661. The summed E-state index contributed by atoms with van der Waals surface area (Å²) in [4.78, 5) is 46.4. The highest BCUT2D eigenvalue weighted by Crippen LogP contribution is 2.31. The van der Waals surface area contributed by atoms with Crippen LogP contribution < -0.4 is 10.7 Å². The highest BCUT2D eigenvalue weighted by atomic mass is 16.2. The molecule has 2 fully saturated rings. The number of likely N-dealkylation sites (tertiary alicyclic amines) is 1. The van der Waals surface area contributed by atoms with Crippen LogP contribution in [0.25, 0.3) is 0 Å². The third kappa shape index (κ3) is 5.57. The average Bonchev–Trinajstić information content (AvgIpc) is 3.36. The van der Waals surface area contributed by atoms with E-state index in [-0.39, 0.29) is 35.0 Å². The molecule has 7 heteroatoms. The maximum absolute atomic E-state index is 13.8. The average molecular weight is 465 g/mol. The van der Waals surface area contributed by atoms with Gasteiger partial charge in [0.1, 0.15) is 11.1 Å². The van der Waals surface area contributed by atoms with Crippen molar-refractivity contribution in [2.24, 2.45) is 5.92 Å². The van der Waals surface area contributed by atoms with E-state index < -0.39 is 5.43 Å². The summed E-state index contributed by atoms with van der Waals surface area (Å²) in [6, 6.07) is 3.84. The molecular formula is C27H36N4O3. The molecule has 2 amide bonds. The Morgan fingerprint density at radius 1 is 1.09 bits per heavy atom. The van der Waals surface area contributed by atoms with Gasteiger partial charge >= 0.3 is 0 Å². The van der Waals surface area contributed by atoms with Gasteiger partial charge in [-0.25, -0.2) is 0 Å². The number of hydrogen-bond acceptors (Lipinski definition) is 4. The lowest BCUT2D eigenvalue weighted by molar-refractivity contribution is 0.0609. The molecule has 1 aliphatic carbocycles. The van der Waals surface area contributed by atoms with Crippen LogP contribution in [0.4, 0.5) is 0 Å². The highest BCUT2D eigenvalue weighted by Gasteiger charge is 2.31. The molecule has 7 nitrogen and oxygen atoms in total. The van der Waals surface area contributed by atoms with Crippen LogP contribution in [-0.2, 0) is 6.54 Å². The van der Waals surface area contributed by atoms with E-state index in [1.165, 1.54) is 0 Å². The molecule has 4 rings (SSSR count). The van der Waals surface area contributed by atoms with Gasteiger partial charge in [0.25, 0.3) is 11.8 Å². The third-order valence-corrected chi connectivity index (χ3v) is 7.04. The Balaban J connectivity index is 1.68. The summed E-state index contributed by atoms with van der Waals surface area (Å²) in [7, 11) is 0. The van der Waals surface area contributed by atoms with Crippen LogP contribution in [0.15, 0.2) is 41.7 Å². The predicted octanol–water partition coefficient (Wildman–Crippen LogP) is 4.33. The lowest BCUT2D eigenvalue weighted by Crippen LogP contribution is -2.42. The lowest BCUT2D eigenvalue weighted by Gasteiger charge is -2.36. The Morgan fingerprint density at radius 2 is 1.82 bits per heavy atom. The molecule has 0 spiro atoms. The number of carbonyl (C=O) groups is 2. The molecule has 1 N–H and O–H groups in total. The Labute approximate surface area is 201 Å². The first-order valence-electron chi connectivity index (χ1n) is 12.7. The number of carbonyl (C=O) groups excluding carboxylic acids is 2. The van der Waals surface area contributed by atoms with Gasteiger partial charge in [-0.15, -0.1) is 0 Å². The second-order valence-corrected chi connectivity index (χ2v) is 10.1. The molecule has 0 bridgehead atoms. The number of amides is 2. The minimum atomic E-state index is -0.475. The number of hydrogen-bond donors (Lipinski definition) is 1. The molecule has 3 heterocycles. The molecular weight excluding hydrogens is 428 g/mol. The number of aryl methyl sites for hydroxylation is 1.